The number of carbonyl (C=O) groups excluding carboxylic acids is 1. The molecule has 4 saturated carbocycles. The third-order valence-electron chi connectivity index (χ3n) is 16.3. The highest BCUT2D eigenvalue weighted by atomic mass is 32.2. The van der Waals surface area contributed by atoms with E-state index < -0.39 is 16.0 Å². The van der Waals surface area contributed by atoms with Gasteiger partial charge in [-0.15, -0.1) is 0 Å². The largest absolute Gasteiger partial charge is 0.481 e. The standard InChI is InChI=1S/C39H61N3O5S/c1-26-29(27-8-10-28(11-9-27)35(44)45)14-17-36(2)30(26)15-18-38(4)33(36)13-12-31-32-7-6-16-39(32,20-19-37(31,38)3)40-25-34(43)41-21-23-42(24-22-41)48(5,46)47/h8,14,26,28,30-33,40H,6-7,9-13,15-25H2,1-5H3,(H,44,45)/t26?,28?,30?,31?,32?,33?,36?,37-,38?,39?/m1/s1. The van der Waals surface area contributed by atoms with Crippen molar-refractivity contribution in [2.45, 2.75) is 117 Å². The van der Waals surface area contributed by atoms with Crippen molar-refractivity contribution in [1.29, 1.82) is 0 Å². The average molecular weight is 684 g/mol. The lowest BCUT2D eigenvalue weighted by Crippen LogP contribution is -2.67. The van der Waals surface area contributed by atoms with Crippen LogP contribution in [-0.2, 0) is 19.6 Å². The molecule has 0 aromatic rings. The van der Waals surface area contributed by atoms with E-state index in [-0.39, 0.29) is 17.4 Å². The predicted molar refractivity (Wildman–Crippen MR) is 188 cm³/mol. The maximum absolute atomic E-state index is 13.4. The normalized spacial score (nSPS) is 44.8. The Hall–Kier alpha value is -1.71. The van der Waals surface area contributed by atoms with Crippen LogP contribution in [0, 0.1) is 51.8 Å². The summed E-state index contributed by atoms with van der Waals surface area (Å²) in [5, 5.41) is 13.4. The predicted octanol–water partition coefficient (Wildman–Crippen LogP) is 6.24. The number of nitrogens with zero attached hydrogens (tertiary/aromatic N) is 2. The summed E-state index contributed by atoms with van der Waals surface area (Å²) in [6.07, 6.45) is 20.8. The third kappa shape index (κ3) is 5.37. The van der Waals surface area contributed by atoms with Crippen LogP contribution >= 0.6 is 0 Å². The van der Waals surface area contributed by atoms with Crippen LogP contribution in [0.25, 0.3) is 0 Å². The molecular formula is C39H61N3O5S. The van der Waals surface area contributed by atoms with Crippen molar-refractivity contribution in [2.75, 3.05) is 39.0 Å². The summed E-state index contributed by atoms with van der Waals surface area (Å²) in [6.45, 7) is 12.5. The Morgan fingerprint density at radius 3 is 2.31 bits per heavy atom. The number of fused-ring (bicyclic) bond motifs is 7. The summed E-state index contributed by atoms with van der Waals surface area (Å²) in [7, 11) is -3.21. The van der Waals surface area contributed by atoms with Gasteiger partial charge in [0.2, 0.25) is 15.9 Å². The highest BCUT2D eigenvalue weighted by molar-refractivity contribution is 7.88. The van der Waals surface area contributed by atoms with E-state index in [0.717, 1.165) is 32.1 Å². The first kappa shape index (κ1) is 34.7. The number of amides is 1. The van der Waals surface area contributed by atoms with Gasteiger partial charge in [0, 0.05) is 31.7 Å². The lowest BCUT2D eigenvalue weighted by atomic mass is 9.34. The molecule has 1 amide bonds. The zero-order chi connectivity index (χ0) is 34.3. The van der Waals surface area contributed by atoms with Gasteiger partial charge in [0.05, 0.1) is 18.7 Å². The van der Waals surface area contributed by atoms with Crippen molar-refractivity contribution in [2.24, 2.45) is 51.8 Å². The first-order chi connectivity index (χ1) is 22.6. The first-order valence-corrected chi connectivity index (χ1v) is 21.1. The molecule has 8 nitrogen and oxygen atoms in total. The number of aliphatic carboxylic acids is 1. The van der Waals surface area contributed by atoms with E-state index in [2.05, 4.69) is 45.2 Å². The van der Waals surface area contributed by atoms with Crippen molar-refractivity contribution >= 4 is 21.9 Å². The quantitative estimate of drug-likeness (QED) is 0.343. The Kier molecular flexibility index (Phi) is 8.84. The summed E-state index contributed by atoms with van der Waals surface area (Å²) in [5.41, 5.74) is 3.88. The molecule has 2 N–H and O–H groups in total. The molecule has 1 saturated heterocycles. The van der Waals surface area contributed by atoms with E-state index in [1.807, 2.05) is 4.90 Å². The number of nitrogens with one attached hydrogen (secondary N) is 1. The number of hydrogen-bond donors (Lipinski definition) is 2. The molecule has 0 aromatic carbocycles. The number of carbonyl (C=O) groups is 2. The van der Waals surface area contributed by atoms with Crippen molar-refractivity contribution in [3.05, 3.63) is 23.3 Å². The fraction of sp³-hybridized carbons (Fsp3) is 0.846. The minimum absolute atomic E-state index is 0.0447. The number of rotatable bonds is 6. The van der Waals surface area contributed by atoms with Crippen molar-refractivity contribution < 1.29 is 23.1 Å². The first-order valence-electron chi connectivity index (χ1n) is 19.2. The molecule has 48 heavy (non-hydrogen) atoms. The van der Waals surface area contributed by atoms with Gasteiger partial charge < -0.3 is 15.3 Å². The highest BCUT2D eigenvalue weighted by Crippen LogP contribution is 2.75. The highest BCUT2D eigenvalue weighted by Gasteiger charge is 2.68. The Morgan fingerprint density at radius 1 is 0.896 bits per heavy atom. The summed E-state index contributed by atoms with van der Waals surface area (Å²) in [6, 6.07) is 0. The van der Waals surface area contributed by atoms with Gasteiger partial charge in [-0.2, -0.15) is 4.31 Å². The number of sulfonamides is 1. The lowest BCUT2D eigenvalue weighted by molar-refractivity contribution is -0.212. The molecule has 9 unspecified atom stereocenters. The number of hydrogen-bond acceptors (Lipinski definition) is 5. The van der Waals surface area contributed by atoms with Gasteiger partial charge in [0.1, 0.15) is 0 Å². The summed E-state index contributed by atoms with van der Waals surface area (Å²) >= 11 is 0. The van der Waals surface area contributed by atoms with Crippen LogP contribution in [-0.4, -0.2) is 79.1 Å². The zero-order valence-electron chi connectivity index (χ0n) is 30.2. The molecule has 0 aromatic heterocycles. The van der Waals surface area contributed by atoms with Gasteiger partial charge in [-0.1, -0.05) is 46.3 Å². The van der Waals surface area contributed by atoms with Crippen molar-refractivity contribution in [3.63, 3.8) is 0 Å². The van der Waals surface area contributed by atoms with E-state index >= 15 is 0 Å². The van der Waals surface area contributed by atoms with Crippen LogP contribution in [0.15, 0.2) is 23.3 Å². The number of carboxylic acid groups (broad SMARTS) is 1. The van der Waals surface area contributed by atoms with Crippen LogP contribution in [0.5, 0.6) is 0 Å². The summed E-state index contributed by atoms with van der Waals surface area (Å²) < 4.78 is 25.4. The second-order valence-electron chi connectivity index (χ2n) is 18.0. The fourth-order valence-electron chi connectivity index (χ4n) is 13.5. The van der Waals surface area contributed by atoms with Crippen LogP contribution in [0.1, 0.15) is 111 Å². The molecule has 1 heterocycles. The van der Waals surface area contributed by atoms with Crippen molar-refractivity contribution in [3.8, 4) is 0 Å². The lowest BCUT2D eigenvalue weighted by Gasteiger charge is -2.71. The van der Waals surface area contributed by atoms with Gasteiger partial charge in [-0.3, -0.25) is 9.59 Å². The minimum atomic E-state index is -3.21. The van der Waals surface area contributed by atoms with Gasteiger partial charge in [-0.05, 0) is 134 Å². The van der Waals surface area contributed by atoms with E-state index in [1.165, 1.54) is 66.7 Å². The molecule has 9 heteroatoms. The molecule has 1 aliphatic heterocycles. The molecule has 7 aliphatic rings. The van der Waals surface area contributed by atoms with Gasteiger partial charge in [0.25, 0.3) is 0 Å². The second-order valence-corrected chi connectivity index (χ2v) is 19.9. The molecule has 5 fully saturated rings. The SMILES string of the molecule is CC1C(C2=CCC(C(=O)O)CC2)=CCC2(C)C1CCC1(C)C2CCC2C3CCCC3(NCC(=O)N3CCN(S(C)(=O)=O)CC3)CC[C@]21C. The Balaban J connectivity index is 1.05. The van der Waals surface area contributed by atoms with Gasteiger partial charge >= 0.3 is 5.97 Å². The Morgan fingerprint density at radius 2 is 1.65 bits per heavy atom. The van der Waals surface area contributed by atoms with Crippen LogP contribution in [0.2, 0.25) is 0 Å². The maximum atomic E-state index is 13.4. The average Bonchev–Trinajstić information content (AvgIpc) is 3.48. The van der Waals surface area contributed by atoms with E-state index in [0.29, 0.717) is 85.0 Å². The summed E-state index contributed by atoms with van der Waals surface area (Å²) in [5.74, 6) is 2.44. The fourth-order valence-corrected chi connectivity index (χ4v) is 14.3. The van der Waals surface area contributed by atoms with E-state index in [4.69, 9.17) is 0 Å². The molecule has 0 bridgehead atoms. The smallest absolute Gasteiger partial charge is 0.306 e. The topological polar surface area (TPSA) is 107 Å². The molecule has 0 spiro atoms. The monoisotopic (exact) mass is 683 g/mol. The van der Waals surface area contributed by atoms with Gasteiger partial charge in [-0.25, -0.2) is 8.42 Å². The number of carboxylic acids is 1. The molecule has 268 valence electrons. The van der Waals surface area contributed by atoms with Crippen LogP contribution in [0.3, 0.4) is 0 Å². The van der Waals surface area contributed by atoms with Crippen LogP contribution in [0.4, 0.5) is 0 Å². The van der Waals surface area contributed by atoms with E-state index in [1.54, 1.807) is 0 Å². The molecular weight excluding hydrogens is 623 g/mol. The number of allylic oxidation sites excluding steroid dienone is 4. The minimum Gasteiger partial charge on any atom is -0.481 e. The molecule has 0 radical (unpaired) electrons. The molecule has 6 aliphatic carbocycles. The maximum Gasteiger partial charge on any atom is 0.306 e. The Bertz CT molecular complexity index is 1480. The third-order valence-corrected chi connectivity index (χ3v) is 17.6. The zero-order valence-corrected chi connectivity index (χ0v) is 31.0. The van der Waals surface area contributed by atoms with Gasteiger partial charge in [0.15, 0.2) is 0 Å². The van der Waals surface area contributed by atoms with E-state index in [9.17, 15) is 23.1 Å². The van der Waals surface area contributed by atoms with Crippen LogP contribution < -0.4 is 5.32 Å². The Labute approximate surface area is 289 Å². The molecule has 7 rings (SSSR count). The summed E-state index contributed by atoms with van der Waals surface area (Å²) in [4.78, 5) is 26.8. The second kappa shape index (κ2) is 12.2. The van der Waals surface area contributed by atoms with Crippen molar-refractivity contribution in [1.82, 2.24) is 14.5 Å². The molecule has 10 atom stereocenters. The number of piperazine rings is 1.